The molecule has 1 aromatic heterocycles. The van der Waals surface area contributed by atoms with Gasteiger partial charge in [-0.1, -0.05) is 12.1 Å². The van der Waals surface area contributed by atoms with Crippen LogP contribution >= 0.6 is 0 Å². The maximum atomic E-state index is 12.9. The molecule has 1 aliphatic heterocycles. The maximum Gasteiger partial charge on any atom is 0.243 e. The third-order valence-corrected chi connectivity index (χ3v) is 6.93. The monoisotopic (exact) mass is 404 g/mol. The molecule has 1 aromatic carbocycles. The van der Waals surface area contributed by atoms with E-state index in [9.17, 15) is 18.0 Å². The van der Waals surface area contributed by atoms with Gasteiger partial charge in [-0.3, -0.25) is 9.59 Å². The zero-order valence-corrected chi connectivity index (χ0v) is 16.7. The first-order valence-corrected chi connectivity index (χ1v) is 10.7. The van der Waals surface area contributed by atoms with Gasteiger partial charge in [0.2, 0.25) is 15.9 Å². The third-order valence-electron chi connectivity index (χ3n) is 5.03. The van der Waals surface area contributed by atoms with Gasteiger partial charge in [0.1, 0.15) is 5.76 Å². The Hall–Kier alpha value is -2.45. The van der Waals surface area contributed by atoms with E-state index in [1.807, 2.05) is 6.92 Å². The molecule has 2 aromatic rings. The van der Waals surface area contributed by atoms with Crippen LogP contribution in [0.2, 0.25) is 0 Å². The maximum absolute atomic E-state index is 12.9. The van der Waals surface area contributed by atoms with Crippen LogP contribution in [0.25, 0.3) is 0 Å². The van der Waals surface area contributed by atoms with Crippen molar-refractivity contribution >= 4 is 21.7 Å². The smallest absolute Gasteiger partial charge is 0.243 e. The summed E-state index contributed by atoms with van der Waals surface area (Å²) in [4.78, 5) is 24.1. The molecule has 28 heavy (non-hydrogen) atoms. The van der Waals surface area contributed by atoms with E-state index < -0.39 is 10.0 Å². The molecule has 1 saturated heterocycles. The Morgan fingerprint density at radius 2 is 1.89 bits per heavy atom. The SMILES string of the molecule is CC(=O)c1cccc(S(=O)(=O)N2CCC(C(=O)N[C@@H](C)c3ccco3)CC2)c1. The Kier molecular flexibility index (Phi) is 6.00. The van der Waals surface area contributed by atoms with Gasteiger partial charge in [-0.2, -0.15) is 4.31 Å². The normalized spacial score (nSPS) is 17.2. The molecule has 150 valence electrons. The number of rotatable bonds is 6. The average molecular weight is 404 g/mol. The van der Waals surface area contributed by atoms with Crippen LogP contribution in [0, 0.1) is 5.92 Å². The first-order valence-electron chi connectivity index (χ1n) is 9.24. The van der Waals surface area contributed by atoms with Gasteiger partial charge in [0.05, 0.1) is 17.2 Å². The van der Waals surface area contributed by atoms with E-state index in [0.29, 0.717) is 24.2 Å². The lowest BCUT2D eigenvalue weighted by molar-refractivity contribution is -0.126. The molecule has 1 aliphatic rings. The van der Waals surface area contributed by atoms with Crippen LogP contribution in [0.3, 0.4) is 0 Å². The summed E-state index contributed by atoms with van der Waals surface area (Å²) in [5.41, 5.74) is 0.363. The number of furan rings is 1. The van der Waals surface area contributed by atoms with Crippen molar-refractivity contribution in [1.82, 2.24) is 9.62 Å². The Balaban J connectivity index is 1.62. The van der Waals surface area contributed by atoms with Gasteiger partial charge in [0, 0.05) is 24.6 Å². The number of hydrogen-bond acceptors (Lipinski definition) is 5. The number of carbonyl (C=O) groups is 2. The number of nitrogens with one attached hydrogen (secondary N) is 1. The number of benzene rings is 1. The number of amides is 1. The summed E-state index contributed by atoms with van der Waals surface area (Å²) in [6.45, 7) is 3.78. The number of Topliss-reactive ketones (excluding diaryl/α,β-unsaturated/α-hetero) is 1. The van der Waals surface area contributed by atoms with Crippen LogP contribution in [0.15, 0.2) is 52.0 Å². The molecule has 8 heteroatoms. The molecule has 0 radical (unpaired) electrons. The molecule has 0 aliphatic carbocycles. The van der Waals surface area contributed by atoms with Crippen LogP contribution in [-0.2, 0) is 14.8 Å². The molecular formula is C20H24N2O5S. The minimum absolute atomic E-state index is 0.0977. The van der Waals surface area contributed by atoms with Crippen LogP contribution in [-0.4, -0.2) is 37.5 Å². The molecular weight excluding hydrogens is 380 g/mol. The molecule has 3 rings (SSSR count). The highest BCUT2D eigenvalue weighted by Gasteiger charge is 2.32. The Bertz CT molecular complexity index is 945. The summed E-state index contributed by atoms with van der Waals surface area (Å²) in [6, 6.07) is 9.39. The second kappa shape index (κ2) is 8.28. The highest BCUT2D eigenvalue weighted by molar-refractivity contribution is 7.89. The van der Waals surface area contributed by atoms with E-state index in [-0.39, 0.29) is 41.6 Å². The van der Waals surface area contributed by atoms with Crippen molar-refractivity contribution in [1.29, 1.82) is 0 Å². The Labute approximate surface area is 164 Å². The fourth-order valence-corrected chi connectivity index (χ4v) is 4.84. The second-order valence-electron chi connectivity index (χ2n) is 7.01. The van der Waals surface area contributed by atoms with Gasteiger partial charge in [0.25, 0.3) is 0 Å². The van der Waals surface area contributed by atoms with Crippen molar-refractivity contribution in [3.8, 4) is 0 Å². The van der Waals surface area contributed by atoms with E-state index in [4.69, 9.17) is 4.42 Å². The molecule has 7 nitrogen and oxygen atoms in total. The quantitative estimate of drug-likeness (QED) is 0.747. The van der Waals surface area contributed by atoms with E-state index in [2.05, 4.69) is 5.32 Å². The Morgan fingerprint density at radius 1 is 1.18 bits per heavy atom. The minimum Gasteiger partial charge on any atom is -0.467 e. The number of piperidine rings is 1. The summed E-state index contributed by atoms with van der Waals surface area (Å²) in [6.07, 6.45) is 2.45. The molecule has 0 unspecified atom stereocenters. The van der Waals surface area contributed by atoms with Crippen molar-refractivity contribution in [3.63, 3.8) is 0 Å². The summed E-state index contributed by atoms with van der Waals surface area (Å²) in [5.74, 6) is 0.156. The van der Waals surface area contributed by atoms with Crippen molar-refractivity contribution in [3.05, 3.63) is 54.0 Å². The number of carbonyl (C=O) groups excluding carboxylic acids is 2. The highest BCUT2D eigenvalue weighted by atomic mass is 32.2. The highest BCUT2D eigenvalue weighted by Crippen LogP contribution is 2.25. The zero-order chi connectivity index (χ0) is 20.3. The Morgan fingerprint density at radius 3 is 2.50 bits per heavy atom. The predicted molar refractivity (Wildman–Crippen MR) is 103 cm³/mol. The van der Waals surface area contributed by atoms with E-state index in [0.717, 1.165) is 0 Å². The van der Waals surface area contributed by atoms with Gasteiger partial charge in [0.15, 0.2) is 5.78 Å². The average Bonchev–Trinajstić information content (AvgIpc) is 3.23. The molecule has 0 bridgehead atoms. The topological polar surface area (TPSA) is 96.7 Å². The molecule has 0 saturated carbocycles. The lowest BCUT2D eigenvalue weighted by Crippen LogP contribution is -2.43. The lowest BCUT2D eigenvalue weighted by atomic mass is 9.97. The fourth-order valence-electron chi connectivity index (χ4n) is 3.32. The minimum atomic E-state index is -3.69. The molecule has 1 fully saturated rings. The number of ketones is 1. The summed E-state index contributed by atoms with van der Waals surface area (Å²) >= 11 is 0. The standard InChI is InChI=1S/C20H24N2O5S/c1-14(19-7-4-12-27-19)21-20(24)16-8-10-22(11-9-16)28(25,26)18-6-3-5-17(13-18)15(2)23/h3-7,12-14,16H,8-11H2,1-2H3,(H,21,24)/t14-/m0/s1. The van der Waals surface area contributed by atoms with Crippen LogP contribution in [0.4, 0.5) is 0 Å². The van der Waals surface area contributed by atoms with E-state index >= 15 is 0 Å². The second-order valence-corrected chi connectivity index (χ2v) is 8.95. The first kappa shape index (κ1) is 20.3. The van der Waals surface area contributed by atoms with Gasteiger partial charge in [-0.05, 0) is 51.0 Å². The molecule has 1 atom stereocenters. The number of sulfonamides is 1. The van der Waals surface area contributed by atoms with Crippen molar-refractivity contribution in [2.45, 2.75) is 37.6 Å². The zero-order valence-electron chi connectivity index (χ0n) is 15.9. The predicted octanol–water partition coefficient (Wildman–Crippen LogP) is 2.76. The van der Waals surface area contributed by atoms with E-state index in [1.165, 1.54) is 23.4 Å². The largest absolute Gasteiger partial charge is 0.467 e. The van der Waals surface area contributed by atoms with Crippen molar-refractivity contribution < 1.29 is 22.4 Å². The fraction of sp³-hybridized carbons (Fsp3) is 0.400. The van der Waals surface area contributed by atoms with Crippen LogP contribution in [0.5, 0.6) is 0 Å². The molecule has 2 heterocycles. The third kappa shape index (κ3) is 4.34. The summed E-state index contributed by atoms with van der Waals surface area (Å²) in [7, 11) is -3.69. The number of nitrogens with zero attached hydrogens (tertiary/aromatic N) is 1. The van der Waals surface area contributed by atoms with Crippen molar-refractivity contribution in [2.24, 2.45) is 5.92 Å². The van der Waals surface area contributed by atoms with Crippen LogP contribution in [0.1, 0.15) is 48.8 Å². The molecule has 1 amide bonds. The van der Waals surface area contributed by atoms with Crippen molar-refractivity contribution in [2.75, 3.05) is 13.1 Å². The van der Waals surface area contributed by atoms with Crippen LogP contribution < -0.4 is 5.32 Å². The van der Waals surface area contributed by atoms with Gasteiger partial charge < -0.3 is 9.73 Å². The summed E-state index contributed by atoms with van der Waals surface area (Å²) in [5, 5.41) is 2.92. The molecule has 1 N–H and O–H groups in total. The first-order chi connectivity index (χ1) is 13.3. The summed E-state index contributed by atoms with van der Waals surface area (Å²) < 4.78 is 32.4. The molecule has 0 spiro atoms. The van der Waals surface area contributed by atoms with Gasteiger partial charge >= 0.3 is 0 Å². The van der Waals surface area contributed by atoms with Gasteiger partial charge in [-0.25, -0.2) is 8.42 Å². The number of hydrogen-bond donors (Lipinski definition) is 1. The van der Waals surface area contributed by atoms with E-state index in [1.54, 1.807) is 30.5 Å². The van der Waals surface area contributed by atoms with Gasteiger partial charge in [-0.15, -0.1) is 0 Å². The lowest BCUT2D eigenvalue weighted by Gasteiger charge is -2.31.